The Hall–Kier alpha value is -2.30. The number of allylic oxidation sites excluding steroid dienone is 1. The molecule has 0 saturated carbocycles. The van der Waals surface area contributed by atoms with Gasteiger partial charge >= 0.3 is 5.97 Å². The summed E-state index contributed by atoms with van der Waals surface area (Å²) in [6, 6.07) is 5.24. The minimum atomic E-state index is -1.08. The molecule has 3 N–H and O–H groups in total. The first kappa shape index (κ1) is 14.8. The van der Waals surface area contributed by atoms with Gasteiger partial charge in [0.15, 0.2) is 0 Å². The first-order chi connectivity index (χ1) is 9.02. The van der Waals surface area contributed by atoms with Crippen molar-refractivity contribution in [2.24, 2.45) is 0 Å². The zero-order valence-electron chi connectivity index (χ0n) is 10.5. The Morgan fingerprint density at radius 3 is 2.47 bits per heavy atom. The van der Waals surface area contributed by atoms with E-state index in [9.17, 15) is 9.59 Å². The average Bonchev–Trinajstić information content (AvgIpc) is 2.38. The smallest absolute Gasteiger partial charge is 0.326 e. The van der Waals surface area contributed by atoms with Gasteiger partial charge in [-0.25, -0.2) is 4.79 Å². The zero-order valence-corrected chi connectivity index (χ0v) is 10.5. The second-order valence-corrected chi connectivity index (χ2v) is 4.16. The molecule has 0 aliphatic rings. The van der Waals surface area contributed by atoms with E-state index < -0.39 is 12.0 Å². The molecule has 0 radical (unpaired) electrons. The highest BCUT2D eigenvalue weighted by molar-refractivity contribution is 5.83. The van der Waals surface area contributed by atoms with E-state index in [1.165, 1.54) is 12.1 Å². The molecule has 1 rings (SSSR count). The second-order valence-electron chi connectivity index (χ2n) is 4.16. The summed E-state index contributed by atoms with van der Waals surface area (Å²) in [6.07, 6.45) is 2.52. The number of aliphatic carboxylic acids is 1. The molecule has 19 heavy (non-hydrogen) atoms. The monoisotopic (exact) mass is 263 g/mol. The van der Waals surface area contributed by atoms with Crippen molar-refractivity contribution in [3.63, 3.8) is 0 Å². The van der Waals surface area contributed by atoms with Crippen LogP contribution in [0.1, 0.15) is 18.4 Å². The Kier molecular flexibility index (Phi) is 5.60. The van der Waals surface area contributed by atoms with E-state index in [0.29, 0.717) is 6.42 Å². The van der Waals surface area contributed by atoms with E-state index in [2.05, 4.69) is 11.9 Å². The van der Waals surface area contributed by atoms with Crippen LogP contribution in [-0.2, 0) is 16.0 Å². The van der Waals surface area contributed by atoms with Gasteiger partial charge in [-0.15, -0.1) is 6.58 Å². The lowest BCUT2D eigenvalue weighted by Gasteiger charge is -2.14. The van der Waals surface area contributed by atoms with Gasteiger partial charge in [0.05, 0.1) is 0 Å². The third-order valence-electron chi connectivity index (χ3n) is 2.59. The molecular formula is C14H17NO4. The molecule has 0 unspecified atom stereocenters. The van der Waals surface area contributed by atoms with Crippen molar-refractivity contribution in [2.75, 3.05) is 0 Å². The highest BCUT2D eigenvalue weighted by Gasteiger charge is 2.19. The van der Waals surface area contributed by atoms with Crippen molar-refractivity contribution in [3.8, 4) is 5.75 Å². The summed E-state index contributed by atoms with van der Waals surface area (Å²) < 4.78 is 0. The van der Waals surface area contributed by atoms with E-state index in [1.807, 2.05) is 0 Å². The number of phenols is 1. The Balaban J connectivity index is 2.62. The molecule has 1 aromatic carbocycles. The first-order valence-electron chi connectivity index (χ1n) is 5.94. The Labute approximate surface area is 111 Å². The fourth-order valence-electron chi connectivity index (χ4n) is 1.57. The standard InChI is InChI=1S/C14H17NO4/c1-2-3-4-13(17)15-12(14(18)19)9-10-5-7-11(16)8-6-10/h2,5-8,12,16H,1,3-4,9H2,(H,15,17)(H,18,19)/t12-/m0/s1. The minimum absolute atomic E-state index is 0.116. The molecule has 0 fully saturated rings. The van der Waals surface area contributed by atoms with Crippen LogP contribution in [0.25, 0.3) is 0 Å². The van der Waals surface area contributed by atoms with Crippen LogP contribution in [0.3, 0.4) is 0 Å². The van der Waals surface area contributed by atoms with Crippen LogP contribution in [0.2, 0.25) is 0 Å². The summed E-state index contributed by atoms with van der Waals surface area (Å²) in [5, 5.41) is 20.7. The second kappa shape index (κ2) is 7.20. The molecule has 0 aliphatic heterocycles. The summed E-state index contributed by atoms with van der Waals surface area (Å²) in [5.41, 5.74) is 0.731. The van der Waals surface area contributed by atoms with E-state index in [-0.39, 0.29) is 24.5 Å². The Morgan fingerprint density at radius 1 is 1.32 bits per heavy atom. The molecule has 0 spiro atoms. The lowest BCUT2D eigenvalue weighted by molar-refractivity contribution is -0.141. The van der Waals surface area contributed by atoms with Gasteiger partial charge < -0.3 is 15.5 Å². The van der Waals surface area contributed by atoms with Gasteiger partial charge in [-0.2, -0.15) is 0 Å². The van der Waals surface area contributed by atoms with Gasteiger partial charge in [-0.1, -0.05) is 18.2 Å². The zero-order chi connectivity index (χ0) is 14.3. The van der Waals surface area contributed by atoms with Crippen LogP contribution in [-0.4, -0.2) is 28.1 Å². The fraction of sp³-hybridized carbons (Fsp3) is 0.286. The summed E-state index contributed by atoms with van der Waals surface area (Å²) in [6.45, 7) is 3.50. The molecule has 0 bridgehead atoms. The summed E-state index contributed by atoms with van der Waals surface area (Å²) in [7, 11) is 0. The van der Waals surface area contributed by atoms with E-state index in [4.69, 9.17) is 10.2 Å². The number of carbonyl (C=O) groups excluding carboxylic acids is 1. The summed E-state index contributed by atoms with van der Waals surface area (Å²) in [5.74, 6) is -1.28. The van der Waals surface area contributed by atoms with Gasteiger partial charge in [-0.05, 0) is 24.1 Å². The maximum Gasteiger partial charge on any atom is 0.326 e. The van der Waals surface area contributed by atoms with Gasteiger partial charge in [0, 0.05) is 12.8 Å². The highest BCUT2D eigenvalue weighted by Crippen LogP contribution is 2.11. The molecule has 1 atom stereocenters. The molecule has 1 aromatic rings. The SMILES string of the molecule is C=CCCC(=O)N[C@@H](Cc1ccc(O)cc1)C(=O)O. The maximum absolute atomic E-state index is 11.5. The molecule has 102 valence electrons. The van der Waals surface area contributed by atoms with Gasteiger partial charge in [0.2, 0.25) is 5.91 Å². The number of nitrogens with one attached hydrogen (secondary N) is 1. The third-order valence-corrected chi connectivity index (χ3v) is 2.59. The molecule has 0 saturated heterocycles. The highest BCUT2D eigenvalue weighted by atomic mass is 16.4. The number of benzene rings is 1. The molecule has 1 amide bonds. The Morgan fingerprint density at radius 2 is 1.95 bits per heavy atom. The summed E-state index contributed by atoms with van der Waals surface area (Å²) in [4.78, 5) is 22.6. The van der Waals surface area contributed by atoms with Crippen LogP contribution < -0.4 is 5.32 Å². The number of hydrogen-bond donors (Lipinski definition) is 3. The van der Waals surface area contributed by atoms with Gasteiger partial charge in [0.25, 0.3) is 0 Å². The van der Waals surface area contributed by atoms with Crippen molar-refractivity contribution >= 4 is 11.9 Å². The molecule has 5 heteroatoms. The predicted octanol–water partition coefficient (Wildman–Crippen LogP) is 1.47. The molecule has 0 heterocycles. The minimum Gasteiger partial charge on any atom is -0.508 e. The number of carboxylic acid groups (broad SMARTS) is 1. The molecule has 0 aliphatic carbocycles. The largest absolute Gasteiger partial charge is 0.508 e. The van der Waals surface area contributed by atoms with Crippen molar-refractivity contribution in [3.05, 3.63) is 42.5 Å². The normalized spacial score (nSPS) is 11.6. The summed E-state index contributed by atoms with van der Waals surface area (Å²) >= 11 is 0. The number of hydrogen-bond acceptors (Lipinski definition) is 3. The number of rotatable bonds is 7. The third kappa shape index (κ3) is 5.25. The number of aromatic hydroxyl groups is 1. The molecular weight excluding hydrogens is 246 g/mol. The van der Waals surface area contributed by atoms with Crippen LogP contribution in [0.5, 0.6) is 5.75 Å². The van der Waals surface area contributed by atoms with Crippen LogP contribution in [0.15, 0.2) is 36.9 Å². The first-order valence-corrected chi connectivity index (χ1v) is 5.94. The van der Waals surface area contributed by atoms with Crippen molar-refractivity contribution < 1.29 is 19.8 Å². The number of amides is 1. The molecule has 5 nitrogen and oxygen atoms in total. The topological polar surface area (TPSA) is 86.6 Å². The van der Waals surface area contributed by atoms with Crippen LogP contribution >= 0.6 is 0 Å². The quantitative estimate of drug-likeness (QED) is 0.650. The number of carboxylic acids is 1. The van der Waals surface area contributed by atoms with Gasteiger partial charge in [0.1, 0.15) is 11.8 Å². The predicted molar refractivity (Wildman–Crippen MR) is 70.8 cm³/mol. The fourth-order valence-corrected chi connectivity index (χ4v) is 1.57. The number of phenolic OH excluding ortho intramolecular Hbond substituents is 1. The van der Waals surface area contributed by atoms with E-state index in [1.54, 1.807) is 18.2 Å². The van der Waals surface area contributed by atoms with Crippen molar-refractivity contribution in [1.29, 1.82) is 0 Å². The lowest BCUT2D eigenvalue weighted by Crippen LogP contribution is -2.42. The van der Waals surface area contributed by atoms with Crippen molar-refractivity contribution in [1.82, 2.24) is 5.32 Å². The van der Waals surface area contributed by atoms with E-state index >= 15 is 0 Å². The maximum atomic E-state index is 11.5. The number of carbonyl (C=O) groups is 2. The van der Waals surface area contributed by atoms with Crippen LogP contribution in [0.4, 0.5) is 0 Å². The molecule has 0 aromatic heterocycles. The van der Waals surface area contributed by atoms with E-state index in [0.717, 1.165) is 5.56 Å². The lowest BCUT2D eigenvalue weighted by atomic mass is 10.1. The van der Waals surface area contributed by atoms with Crippen molar-refractivity contribution in [2.45, 2.75) is 25.3 Å². The van der Waals surface area contributed by atoms with Crippen LogP contribution in [0, 0.1) is 0 Å². The average molecular weight is 263 g/mol. The Bertz CT molecular complexity index is 453. The van der Waals surface area contributed by atoms with Gasteiger partial charge in [-0.3, -0.25) is 4.79 Å².